The van der Waals surface area contributed by atoms with Gasteiger partial charge in [0.1, 0.15) is 6.61 Å². The van der Waals surface area contributed by atoms with Gasteiger partial charge in [0.25, 0.3) is 10.2 Å². The van der Waals surface area contributed by atoms with E-state index >= 15 is 0 Å². The van der Waals surface area contributed by atoms with E-state index in [2.05, 4.69) is 35.3 Å². The molecule has 0 saturated carbocycles. The minimum atomic E-state index is -1.32. The monoisotopic (exact) mass is 462 g/mol. The Morgan fingerprint density at radius 1 is 1.43 bits per heavy atom. The zero-order valence-electron chi connectivity index (χ0n) is 15.3. The van der Waals surface area contributed by atoms with Crippen LogP contribution < -0.4 is 22.1 Å². The average Bonchev–Trinajstić information content (AvgIpc) is 3.09. The van der Waals surface area contributed by atoms with E-state index in [0.717, 1.165) is 4.88 Å². The Kier molecular flexibility index (Phi) is 11.1. The van der Waals surface area contributed by atoms with Gasteiger partial charge in [-0.3, -0.25) is 10.3 Å². The molecule has 0 fully saturated rings. The molecule has 1 unspecified atom stereocenters. The molecule has 0 aliphatic heterocycles. The molecule has 0 aromatic carbocycles. The number of nitrogens with two attached hydrogens (primary N) is 2. The van der Waals surface area contributed by atoms with Crippen molar-refractivity contribution in [2.75, 3.05) is 25.4 Å². The highest BCUT2D eigenvalue weighted by atomic mass is 32.2. The van der Waals surface area contributed by atoms with Crippen molar-refractivity contribution >= 4 is 40.1 Å². The number of rotatable bonds is 13. The van der Waals surface area contributed by atoms with Crippen LogP contribution in [0.4, 0.5) is 5.13 Å². The van der Waals surface area contributed by atoms with E-state index in [9.17, 15) is 20.2 Å². The number of hydrogen-bond acceptors (Lipinski definition) is 12. The van der Waals surface area contributed by atoms with Crippen molar-refractivity contribution in [2.45, 2.75) is 11.9 Å². The summed E-state index contributed by atoms with van der Waals surface area (Å²) in [5.74, 6) is 1.25. The van der Waals surface area contributed by atoms with Crippen LogP contribution in [0.25, 0.3) is 0 Å². The second-order valence-electron chi connectivity index (χ2n) is 5.02. The van der Waals surface area contributed by atoms with Gasteiger partial charge in [0.2, 0.25) is 11.1 Å². The number of thiazole rings is 1. The molecule has 1 rings (SSSR count). The van der Waals surface area contributed by atoms with E-state index < -0.39 is 22.9 Å². The lowest BCUT2D eigenvalue weighted by molar-refractivity contribution is -0.789. The summed E-state index contributed by atoms with van der Waals surface area (Å²) < 4.78 is 0. The van der Waals surface area contributed by atoms with E-state index in [4.69, 9.17) is 16.7 Å². The van der Waals surface area contributed by atoms with Crippen LogP contribution in [0, 0.1) is 31.7 Å². The van der Waals surface area contributed by atoms with Crippen LogP contribution in [0.2, 0.25) is 0 Å². The zero-order chi connectivity index (χ0) is 22.4. The molecular formula is C12H18N10O6S2. The Morgan fingerprint density at radius 2 is 2.20 bits per heavy atom. The first-order valence-electron chi connectivity index (χ1n) is 7.94. The van der Waals surface area contributed by atoms with Crippen molar-refractivity contribution in [3.63, 3.8) is 0 Å². The molecule has 30 heavy (non-hydrogen) atoms. The molecule has 164 valence electrons. The fourth-order valence-electron chi connectivity index (χ4n) is 1.71. The molecule has 1 aromatic heterocycles. The zero-order valence-corrected chi connectivity index (χ0v) is 16.9. The summed E-state index contributed by atoms with van der Waals surface area (Å²) >= 11 is 2.91. The average molecular weight is 462 g/mol. The maximum atomic E-state index is 10.4. The summed E-state index contributed by atoms with van der Waals surface area (Å²) in [5, 5.41) is 32.8. The van der Waals surface area contributed by atoms with Crippen molar-refractivity contribution in [1.82, 2.24) is 15.6 Å². The number of guanidine groups is 2. The quantitative estimate of drug-likeness (QED) is 0.0527. The molecule has 0 saturated heterocycles. The standard InChI is InChI=1S/C12H18N10O6S2/c13-7-19-11(17-3-8(28-22(25)26)5-27-21(23)24)16-1-2-29-6-9-4-18-12(30-9)20-10(14)15/h4,8H,1-3,5-6H2,(H2,16,17,19)(H4,14,15,18,20). The highest BCUT2D eigenvalue weighted by Crippen LogP contribution is 2.24. The topological polar surface area (TPSA) is 242 Å². The Labute approximate surface area is 177 Å². The van der Waals surface area contributed by atoms with Gasteiger partial charge in [-0.15, -0.1) is 20.2 Å². The van der Waals surface area contributed by atoms with E-state index in [0.29, 0.717) is 23.2 Å². The van der Waals surface area contributed by atoms with Crippen molar-refractivity contribution in [2.24, 2.45) is 21.5 Å². The van der Waals surface area contributed by atoms with Gasteiger partial charge in [-0.05, 0) is 0 Å². The molecule has 16 nitrogen and oxygen atoms in total. The lowest BCUT2D eigenvalue weighted by Gasteiger charge is -2.12. The number of nitrogens with zero attached hydrogens (tertiary/aromatic N) is 6. The van der Waals surface area contributed by atoms with Crippen molar-refractivity contribution < 1.29 is 19.8 Å². The molecule has 0 bridgehead atoms. The van der Waals surface area contributed by atoms with Gasteiger partial charge in [-0.2, -0.15) is 22.0 Å². The van der Waals surface area contributed by atoms with Crippen molar-refractivity contribution in [3.05, 3.63) is 31.3 Å². The van der Waals surface area contributed by atoms with Crippen LogP contribution in [0.5, 0.6) is 0 Å². The van der Waals surface area contributed by atoms with Crippen LogP contribution in [-0.2, 0) is 15.4 Å². The Balaban J connectivity index is 2.45. The molecule has 0 radical (unpaired) electrons. The first-order chi connectivity index (χ1) is 14.3. The van der Waals surface area contributed by atoms with E-state index in [1.54, 1.807) is 24.2 Å². The van der Waals surface area contributed by atoms with Gasteiger partial charge in [-0.25, -0.2) is 4.98 Å². The highest BCUT2D eigenvalue weighted by molar-refractivity contribution is 7.98. The first kappa shape index (κ1) is 24.4. The lowest BCUT2D eigenvalue weighted by Crippen LogP contribution is -2.37. The summed E-state index contributed by atoms with van der Waals surface area (Å²) in [6.07, 6.45) is 2.01. The molecular weight excluding hydrogens is 444 g/mol. The molecule has 18 heteroatoms. The number of thioether (sulfide) groups is 1. The third-order valence-electron chi connectivity index (χ3n) is 2.78. The summed E-state index contributed by atoms with van der Waals surface area (Å²) in [4.78, 5) is 41.8. The minimum Gasteiger partial charge on any atom is -0.370 e. The maximum Gasteiger partial charge on any atom is 0.294 e. The molecule has 0 aliphatic carbocycles. The number of nitrogens with one attached hydrogen (secondary N) is 2. The second-order valence-corrected chi connectivity index (χ2v) is 7.22. The molecule has 0 aliphatic rings. The van der Waals surface area contributed by atoms with Crippen molar-refractivity contribution in [3.8, 4) is 6.19 Å². The summed E-state index contributed by atoms with van der Waals surface area (Å²) in [5.41, 5.74) is 10.6. The number of aromatic nitrogens is 1. The summed E-state index contributed by atoms with van der Waals surface area (Å²) in [6.45, 7) is -0.638. The third kappa shape index (κ3) is 11.3. The van der Waals surface area contributed by atoms with Crippen LogP contribution in [-0.4, -0.2) is 58.6 Å². The molecule has 1 aromatic rings. The van der Waals surface area contributed by atoms with Gasteiger partial charge in [0.15, 0.2) is 18.3 Å². The van der Waals surface area contributed by atoms with Crippen molar-refractivity contribution in [1.29, 1.82) is 5.26 Å². The number of aliphatic imine (C=N–C) groups is 2. The smallest absolute Gasteiger partial charge is 0.294 e. The number of hydrogen-bond donors (Lipinski definition) is 4. The van der Waals surface area contributed by atoms with Gasteiger partial charge in [0, 0.05) is 29.1 Å². The minimum absolute atomic E-state index is 0.0315. The van der Waals surface area contributed by atoms with E-state index in [-0.39, 0.29) is 18.5 Å². The Hall–Kier alpha value is -3.59. The largest absolute Gasteiger partial charge is 0.370 e. The third-order valence-corrected chi connectivity index (χ3v) is 4.86. The van der Waals surface area contributed by atoms with Gasteiger partial charge in [-0.1, -0.05) is 11.3 Å². The molecule has 1 heterocycles. The molecule has 0 amide bonds. The van der Waals surface area contributed by atoms with Crippen LogP contribution >= 0.6 is 23.1 Å². The van der Waals surface area contributed by atoms with Crippen LogP contribution in [0.3, 0.4) is 0 Å². The predicted octanol–water partition coefficient (Wildman–Crippen LogP) is -0.917. The normalized spacial score (nSPS) is 11.6. The second kappa shape index (κ2) is 13.6. The summed E-state index contributed by atoms with van der Waals surface area (Å²) in [7, 11) is 0. The molecule has 6 N–H and O–H groups in total. The fourth-order valence-corrected chi connectivity index (χ4v) is 3.46. The summed E-state index contributed by atoms with van der Waals surface area (Å²) in [6, 6.07) is 0. The SMILES string of the molecule is N#CNC(=NCC(CO[N+](=O)[O-])O[N+](=O)[O-])NCCSCc1cnc(N=C(N)N)s1. The van der Waals surface area contributed by atoms with Gasteiger partial charge >= 0.3 is 0 Å². The van der Waals surface area contributed by atoms with Crippen LogP contribution in [0.15, 0.2) is 16.2 Å². The Bertz CT molecular complexity index is 806. The fraction of sp³-hybridized carbons (Fsp3) is 0.500. The van der Waals surface area contributed by atoms with Crippen LogP contribution in [0.1, 0.15) is 4.88 Å². The maximum absolute atomic E-state index is 10.4. The van der Waals surface area contributed by atoms with Gasteiger partial charge in [0.05, 0.1) is 6.54 Å². The van der Waals surface area contributed by atoms with E-state index in [1.807, 2.05) is 0 Å². The first-order valence-corrected chi connectivity index (χ1v) is 9.91. The van der Waals surface area contributed by atoms with E-state index in [1.165, 1.54) is 11.3 Å². The highest BCUT2D eigenvalue weighted by Gasteiger charge is 2.16. The van der Waals surface area contributed by atoms with Gasteiger partial charge < -0.3 is 26.5 Å². The lowest BCUT2D eigenvalue weighted by atomic mass is 10.4. The number of nitriles is 1. The molecule has 0 spiro atoms. The predicted molar refractivity (Wildman–Crippen MR) is 108 cm³/mol. The molecule has 1 atom stereocenters. The Morgan fingerprint density at radius 3 is 2.83 bits per heavy atom.